The van der Waals surface area contributed by atoms with E-state index < -0.39 is 9.05 Å². The molecule has 0 aromatic carbocycles. The van der Waals surface area contributed by atoms with E-state index in [2.05, 4.69) is 4.98 Å². The first kappa shape index (κ1) is 9.71. The Morgan fingerprint density at radius 3 is 2.54 bits per heavy atom. The summed E-state index contributed by atoms with van der Waals surface area (Å²) >= 11 is 6.55. The standard InChI is InChI=1S/C6H5Cl2NO2S2/c7-6-9-4(3-1-2-3)5(12-6)13(8,10)11/h3H,1-2H2. The highest BCUT2D eigenvalue weighted by atomic mass is 35.7. The topological polar surface area (TPSA) is 47.0 Å². The van der Waals surface area contributed by atoms with Crippen LogP contribution < -0.4 is 0 Å². The Bertz CT molecular complexity index is 435. The fourth-order valence-corrected chi connectivity index (χ4v) is 3.77. The molecule has 1 aromatic rings. The van der Waals surface area contributed by atoms with Crippen molar-refractivity contribution in [3.63, 3.8) is 0 Å². The molecule has 1 aliphatic carbocycles. The number of rotatable bonds is 2. The number of hydrogen-bond donors (Lipinski definition) is 0. The molecule has 72 valence electrons. The summed E-state index contributed by atoms with van der Waals surface area (Å²) in [6, 6.07) is 0. The van der Waals surface area contributed by atoms with Gasteiger partial charge in [-0.1, -0.05) is 22.9 Å². The molecule has 0 radical (unpaired) electrons. The maximum Gasteiger partial charge on any atom is 0.272 e. The Hall–Kier alpha value is 0.160. The Morgan fingerprint density at radius 2 is 2.08 bits per heavy atom. The molecule has 13 heavy (non-hydrogen) atoms. The van der Waals surface area contributed by atoms with E-state index in [1.54, 1.807) is 0 Å². The Labute approximate surface area is 89.1 Å². The molecule has 2 rings (SSSR count). The van der Waals surface area contributed by atoms with Gasteiger partial charge < -0.3 is 0 Å². The van der Waals surface area contributed by atoms with Gasteiger partial charge >= 0.3 is 0 Å². The molecule has 7 heteroatoms. The second kappa shape index (κ2) is 3.08. The highest BCUT2D eigenvalue weighted by Gasteiger charge is 2.33. The lowest BCUT2D eigenvalue weighted by atomic mass is 10.3. The zero-order valence-corrected chi connectivity index (χ0v) is 9.47. The summed E-state index contributed by atoms with van der Waals surface area (Å²) in [6.45, 7) is 0. The number of aromatic nitrogens is 1. The van der Waals surface area contributed by atoms with Crippen LogP contribution in [-0.4, -0.2) is 13.4 Å². The molecule has 0 amide bonds. The lowest BCUT2D eigenvalue weighted by Crippen LogP contribution is -1.92. The molecule has 0 unspecified atom stereocenters. The summed E-state index contributed by atoms with van der Waals surface area (Å²) in [5, 5.41) is 0. The third-order valence-corrected chi connectivity index (χ3v) is 5.05. The first-order chi connectivity index (χ1) is 5.98. The summed E-state index contributed by atoms with van der Waals surface area (Å²) in [5.74, 6) is 0.243. The van der Waals surface area contributed by atoms with Crippen molar-refractivity contribution < 1.29 is 8.42 Å². The van der Waals surface area contributed by atoms with Crippen molar-refractivity contribution in [3.8, 4) is 0 Å². The summed E-state index contributed by atoms with van der Waals surface area (Å²) in [5.41, 5.74) is 0.546. The van der Waals surface area contributed by atoms with Crippen molar-refractivity contribution in [2.75, 3.05) is 0 Å². The van der Waals surface area contributed by atoms with Crippen LogP contribution in [0.5, 0.6) is 0 Å². The maximum atomic E-state index is 11.1. The van der Waals surface area contributed by atoms with Gasteiger partial charge in [-0.15, -0.1) is 0 Å². The first-order valence-electron chi connectivity index (χ1n) is 3.59. The second-order valence-corrected chi connectivity index (χ2v) is 7.19. The monoisotopic (exact) mass is 257 g/mol. The van der Waals surface area contributed by atoms with E-state index in [-0.39, 0.29) is 14.6 Å². The van der Waals surface area contributed by atoms with Crippen LogP contribution in [0.25, 0.3) is 0 Å². The van der Waals surface area contributed by atoms with Crippen LogP contribution in [0.2, 0.25) is 4.47 Å². The zero-order chi connectivity index (χ0) is 9.64. The van der Waals surface area contributed by atoms with Gasteiger partial charge in [0, 0.05) is 16.6 Å². The zero-order valence-electron chi connectivity index (χ0n) is 6.33. The first-order valence-corrected chi connectivity index (χ1v) is 7.10. The maximum absolute atomic E-state index is 11.1. The number of halogens is 2. The van der Waals surface area contributed by atoms with Crippen LogP contribution >= 0.6 is 33.6 Å². The van der Waals surface area contributed by atoms with Crippen LogP contribution in [0.1, 0.15) is 24.5 Å². The van der Waals surface area contributed by atoms with Gasteiger partial charge in [-0.25, -0.2) is 13.4 Å². The molecule has 1 heterocycles. The van der Waals surface area contributed by atoms with Crippen LogP contribution in [-0.2, 0) is 9.05 Å². The molecular formula is C6H5Cl2NO2S2. The molecule has 0 saturated heterocycles. The SMILES string of the molecule is O=S(=O)(Cl)c1sc(Cl)nc1C1CC1. The van der Waals surface area contributed by atoms with Gasteiger partial charge in [-0.3, -0.25) is 0 Å². The molecule has 1 aromatic heterocycles. The lowest BCUT2D eigenvalue weighted by Gasteiger charge is -1.93. The Morgan fingerprint density at radius 1 is 1.46 bits per heavy atom. The van der Waals surface area contributed by atoms with Crippen LogP contribution in [0.4, 0.5) is 0 Å². The van der Waals surface area contributed by atoms with E-state index in [4.69, 9.17) is 22.3 Å². The molecule has 0 bridgehead atoms. The molecule has 0 aliphatic heterocycles. The molecule has 3 nitrogen and oxygen atoms in total. The Kier molecular flexibility index (Phi) is 2.30. The highest BCUT2D eigenvalue weighted by Crippen LogP contribution is 2.45. The molecule has 0 N–H and O–H groups in total. The summed E-state index contributed by atoms with van der Waals surface area (Å²) in [4.78, 5) is 3.96. The Balaban J connectivity index is 2.55. The van der Waals surface area contributed by atoms with Crippen LogP contribution in [0, 0.1) is 0 Å². The predicted molar refractivity (Wildman–Crippen MR) is 52.1 cm³/mol. The highest BCUT2D eigenvalue weighted by molar-refractivity contribution is 8.15. The van der Waals surface area contributed by atoms with Crippen LogP contribution in [0.15, 0.2) is 4.21 Å². The van der Waals surface area contributed by atoms with Gasteiger partial charge in [0.2, 0.25) is 0 Å². The molecular weight excluding hydrogens is 253 g/mol. The van der Waals surface area contributed by atoms with Crippen molar-refractivity contribution >= 4 is 42.7 Å². The van der Waals surface area contributed by atoms with Crippen molar-refractivity contribution in [1.82, 2.24) is 4.98 Å². The number of hydrogen-bond acceptors (Lipinski definition) is 4. The van der Waals surface area contributed by atoms with Gasteiger partial charge in [0.25, 0.3) is 9.05 Å². The average Bonchev–Trinajstić information content (AvgIpc) is 2.73. The minimum atomic E-state index is -3.67. The molecule has 0 atom stereocenters. The van der Waals surface area contributed by atoms with Gasteiger partial charge in [-0.05, 0) is 12.8 Å². The second-order valence-electron chi connectivity index (χ2n) is 2.85. The van der Waals surface area contributed by atoms with Gasteiger partial charge in [-0.2, -0.15) is 0 Å². The van der Waals surface area contributed by atoms with Crippen molar-refractivity contribution in [3.05, 3.63) is 10.2 Å². The molecule has 0 spiro atoms. The van der Waals surface area contributed by atoms with Crippen molar-refractivity contribution in [2.24, 2.45) is 0 Å². The number of thiazole rings is 1. The quantitative estimate of drug-likeness (QED) is 0.766. The van der Waals surface area contributed by atoms with Crippen molar-refractivity contribution in [2.45, 2.75) is 23.0 Å². The van der Waals surface area contributed by atoms with Gasteiger partial charge in [0.15, 0.2) is 8.68 Å². The average molecular weight is 258 g/mol. The van der Waals surface area contributed by atoms with E-state index in [0.717, 1.165) is 24.2 Å². The van der Waals surface area contributed by atoms with E-state index in [1.165, 1.54) is 0 Å². The fourth-order valence-electron chi connectivity index (χ4n) is 1.08. The van der Waals surface area contributed by atoms with E-state index in [0.29, 0.717) is 5.69 Å². The van der Waals surface area contributed by atoms with E-state index in [9.17, 15) is 8.42 Å². The summed E-state index contributed by atoms with van der Waals surface area (Å²) < 4.78 is 22.5. The number of nitrogens with zero attached hydrogens (tertiary/aromatic N) is 1. The minimum Gasteiger partial charge on any atom is -0.228 e. The summed E-state index contributed by atoms with van der Waals surface area (Å²) in [7, 11) is 1.56. The third kappa shape index (κ3) is 1.98. The molecule has 1 aliphatic rings. The predicted octanol–water partition coefficient (Wildman–Crippen LogP) is 2.60. The lowest BCUT2D eigenvalue weighted by molar-refractivity contribution is 0.610. The van der Waals surface area contributed by atoms with E-state index >= 15 is 0 Å². The fraction of sp³-hybridized carbons (Fsp3) is 0.500. The van der Waals surface area contributed by atoms with Crippen molar-refractivity contribution in [1.29, 1.82) is 0 Å². The van der Waals surface area contributed by atoms with Crippen LogP contribution in [0.3, 0.4) is 0 Å². The largest absolute Gasteiger partial charge is 0.272 e. The molecule has 1 fully saturated rings. The third-order valence-electron chi connectivity index (χ3n) is 1.78. The molecule has 1 saturated carbocycles. The minimum absolute atomic E-state index is 0.113. The van der Waals surface area contributed by atoms with E-state index in [1.807, 2.05) is 0 Å². The van der Waals surface area contributed by atoms with Gasteiger partial charge in [0.1, 0.15) is 0 Å². The van der Waals surface area contributed by atoms with Gasteiger partial charge in [0.05, 0.1) is 5.69 Å². The smallest absolute Gasteiger partial charge is 0.228 e. The summed E-state index contributed by atoms with van der Waals surface area (Å²) in [6.07, 6.45) is 1.94. The normalized spacial score (nSPS) is 17.7.